The van der Waals surface area contributed by atoms with Crippen LogP contribution in [-0.4, -0.2) is 24.4 Å². The number of rotatable bonds is 6. The van der Waals surface area contributed by atoms with Crippen molar-refractivity contribution in [3.05, 3.63) is 29.8 Å². The fraction of sp³-hybridized carbons (Fsp3) is 0.562. The number of carbonyl (C=O) groups excluding carboxylic acids is 1. The third-order valence-corrected chi connectivity index (χ3v) is 5.43. The van der Waals surface area contributed by atoms with Gasteiger partial charge in [-0.2, -0.15) is 0 Å². The first kappa shape index (κ1) is 15.4. The maximum absolute atomic E-state index is 12.3. The van der Waals surface area contributed by atoms with Crippen LogP contribution in [0.15, 0.2) is 29.2 Å². The quantitative estimate of drug-likeness (QED) is 0.819. The van der Waals surface area contributed by atoms with Crippen molar-refractivity contribution in [2.75, 3.05) is 13.2 Å². The van der Waals surface area contributed by atoms with Crippen LogP contribution >= 0.6 is 11.8 Å². The van der Waals surface area contributed by atoms with E-state index in [0.29, 0.717) is 18.4 Å². The van der Waals surface area contributed by atoms with Crippen molar-refractivity contribution >= 4 is 17.7 Å². The predicted molar refractivity (Wildman–Crippen MR) is 82.8 cm³/mol. The summed E-state index contributed by atoms with van der Waals surface area (Å²) in [6.45, 7) is 4.64. The van der Waals surface area contributed by atoms with Crippen molar-refractivity contribution in [2.45, 2.75) is 43.3 Å². The third-order valence-electron chi connectivity index (χ3n) is 4.11. The minimum atomic E-state index is -0.532. The van der Waals surface area contributed by atoms with Gasteiger partial charge in [0.05, 0.1) is 12.0 Å². The summed E-state index contributed by atoms with van der Waals surface area (Å²) in [6, 6.07) is 8.46. The molecule has 2 rings (SSSR count). The van der Waals surface area contributed by atoms with Crippen LogP contribution in [0, 0.1) is 5.41 Å². The molecule has 0 aromatic heterocycles. The first-order valence-corrected chi connectivity index (χ1v) is 8.15. The number of carbonyl (C=O) groups is 1. The molecule has 1 aromatic carbocycles. The first-order chi connectivity index (χ1) is 9.65. The van der Waals surface area contributed by atoms with Crippen LogP contribution in [0.2, 0.25) is 0 Å². The number of esters is 1. The molecule has 4 heteroatoms. The lowest BCUT2D eigenvalue weighted by molar-refractivity contribution is -0.155. The summed E-state index contributed by atoms with van der Waals surface area (Å²) < 4.78 is 5.25. The average molecular weight is 293 g/mol. The Balaban J connectivity index is 2.09. The van der Waals surface area contributed by atoms with Gasteiger partial charge in [-0.05, 0) is 37.8 Å². The van der Waals surface area contributed by atoms with E-state index in [1.807, 2.05) is 25.6 Å². The summed E-state index contributed by atoms with van der Waals surface area (Å²) in [5.74, 6) is -0.137. The molecule has 110 valence electrons. The second-order valence-corrected chi connectivity index (χ2v) is 6.66. The van der Waals surface area contributed by atoms with Gasteiger partial charge in [0.1, 0.15) is 0 Å². The minimum absolute atomic E-state index is 0.137. The Morgan fingerprint density at radius 1 is 1.45 bits per heavy atom. The van der Waals surface area contributed by atoms with E-state index in [2.05, 4.69) is 24.3 Å². The maximum Gasteiger partial charge on any atom is 0.313 e. The lowest BCUT2D eigenvalue weighted by Crippen LogP contribution is -2.41. The van der Waals surface area contributed by atoms with E-state index in [-0.39, 0.29) is 5.97 Å². The molecule has 1 aromatic rings. The van der Waals surface area contributed by atoms with Crippen molar-refractivity contribution in [3.8, 4) is 0 Å². The van der Waals surface area contributed by atoms with Crippen molar-refractivity contribution in [1.29, 1.82) is 0 Å². The van der Waals surface area contributed by atoms with Gasteiger partial charge >= 0.3 is 5.97 Å². The number of nitrogens with two attached hydrogens (primary N) is 1. The molecule has 1 heterocycles. The Morgan fingerprint density at radius 3 is 2.80 bits per heavy atom. The van der Waals surface area contributed by atoms with E-state index in [9.17, 15) is 4.79 Å². The molecule has 3 nitrogen and oxygen atoms in total. The Bertz CT molecular complexity index is 446. The zero-order valence-corrected chi connectivity index (χ0v) is 13.0. The first-order valence-electron chi connectivity index (χ1n) is 7.27. The van der Waals surface area contributed by atoms with Crippen molar-refractivity contribution in [3.63, 3.8) is 0 Å². The minimum Gasteiger partial charge on any atom is -0.466 e. The van der Waals surface area contributed by atoms with Gasteiger partial charge in [-0.25, -0.2) is 0 Å². The van der Waals surface area contributed by atoms with Crippen LogP contribution in [0.3, 0.4) is 0 Å². The van der Waals surface area contributed by atoms with Crippen LogP contribution in [0.5, 0.6) is 0 Å². The van der Waals surface area contributed by atoms with Gasteiger partial charge in [-0.1, -0.05) is 25.1 Å². The van der Waals surface area contributed by atoms with Crippen LogP contribution < -0.4 is 5.73 Å². The second kappa shape index (κ2) is 6.64. The molecule has 1 aliphatic heterocycles. The van der Waals surface area contributed by atoms with E-state index in [1.54, 1.807) is 0 Å². The van der Waals surface area contributed by atoms with Crippen molar-refractivity contribution in [2.24, 2.45) is 11.1 Å². The topological polar surface area (TPSA) is 52.3 Å². The van der Waals surface area contributed by atoms with E-state index in [4.69, 9.17) is 10.5 Å². The van der Waals surface area contributed by atoms with Crippen molar-refractivity contribution < 1.29 is 9.53 Å². The molecule has 2 atom stereocenters. The zero-order chi connectivity index (χ0) is 14.6. The maximum atomic E-state index is 12.3. The van der Waals surface area contributed by atoms with Crippen molar-refractivity contribution in [1.82, 2.24) is 0 Å². The highest BCUT2D eigenvalue weighted by atomic mass is 32.2. The molecule has 0 spiro atoms. The third kappa shape index (κ3) is 3.01. The summed E-state index contributed by atoms with van der Waals surface area (Å²) in [5, 5.41) is 0.417. The monoisotopic (exact) mass is 293 g/mol. The van der Waals surface area contributed by atoms with Crippen LogP contribution in [0.4, 0.5) is 0 Å². The molecule has 0 fully saturated rings. The molecular weight excluding hydrogens is 270 g/mol. The lowest BCUT2D eigenvalue weighted by Gasteiger charge is -2.31. The van der Waals surface area contributed by atoms with E-state index in [0.717, 1.165) is 19.3 Å². The number of hydrogen-bond donors (Lipinski definition) is 1. The smallest absolute Gasteiger partial charge is 0.313 e. The number of benzene rings is 1. The normalized spacial score (nSPS) is 20.2. The fourth-order valence-corrected chi connectivity index (χ4v) is 4.26. The SMILES string of the molecule is CCOC(=O)C(CC)(CN)CC1Cc2ccccc2S1. The highest BCUT2D eigenvalue weighted by Gasteiger charge is 2.40. The van der Waals surface area contributed by atoms with Gasteiger partial charge in [0.15, 0.2) is 0 Å². The Labute approximate surface area is 125 Å². The standard InChI is InChI=1S/C16H23NO2S/c1-3-16(11-17,15(18)19-4-2)10-13-9-12-7-5-6-8-14(12)20-13/h5-8,13H,3-4,9-11,17H2,1-2H3. The molecule has 1 aliphatic rings. The lowest BCUT2D eigenvalue weighted by atomic mass is 9.79. The number of fused-ring (bicyclic) bond motifs is 1. The average Bonchev–Trinajstić information content (AvgIpc) is 2.87. The Morgan fingerprint density at radius 2 is 2.20 bits per heavy atom. The predicted octanol–water partition coefficient (Wildman–Crippen LogP) is 3.01. The summed E-state index contributed by atoms with van der Waals surface area (Å²) in [5.41, 5.74) is 6.77. The molecule has 0 saturated heterocycles. The molecule has 2 N–H and O–H groups in total. The van der Waals surface area contributed by atoms with Crippen LogP contribution in [-0.2, 0) is 16.0 Å². The fourth-order valence-electron chi connectivity index (χ4n) is 2.77. The van der Waals surface area contributed by atoms with Gasteiger partial charge in [-0.15, -0.1) is 11.8 Å². The van der Waals surface area contributed by atoms with E-state index >= 15 is 0 Å². The molecule has 2 unspecified atom stereocenters. The summed E-state index contributed by atoms with van der Waals surface area (Å²) in [6.07, 6.45) is 2.54. The number of thioether (sulfide) groups is 1. The number of ether oxygens (including phenoxy) is 1. The molecule has 0 bridgehead atoms. The van der Waals surface area contributed by atoms with Gasteiger partial charge in [-0.3, -0.25) is 4.79 Å². The highest BCUT2D eigenvalue weighted by Crippen LogP contribution is 2.43. The second-order valence-electron chi connectivity index (χ2n) is 5.31. The molecule has 0 aliphatic carbocycles. The van der Waals surface area contributed by atoms with Gasteiger partial charge in [0, 0.05) is 16.7 Å². The van der Waals surface area contributed by atoms with Crippen LogP contribution in [0.25, 0.3) is 0 Å². The summed E-state index contributed by atoms with van der Waals surface area (Å²) in [4.78, 5) is 13.6. The van der Waals surface area contributed by atoms with E-state index in [1.165, 1.54) is 10.5 Å². The molecular formula is C16H23NO2S. The zero-order valence-electron chi connectivity index (χ0n) is 12.2. The van der Waals surface area contributed by atoms with E-state index < -0.39 is 5.41 Å². The van der Waals surface area contributed by atoms with Gasteiger partial charge < -0.3 is 10.5 Å². The van der Waals surface area contributed by atoms with Crippen LogP contribution in [0.1, 0.15) is 32.3 Å². The Kier molecular flexibility index (Phi) is 5.11. The van der Waals surface area contributed by atoms with Gasteiger partial charge in [0.2, 0.25) is 0 Å². The number of hydrogen-bond acceptors (Lipinski definition) is 4. The molecule has 20 heavy (non-hydrogen) atoms. The molecule has 0 amide bonds. The Hall–Kier alpha value is -1.00. The summed E-state index contributed by atoms with van der Waals surface area (Å²) >= 11 is 1.87. The largest absolute Gasteiger partial charge is 0.466 e. The van der Waals surface area contributed by atoms with Gasteiger partial charge in [0.25, 0.3) is 0 Å². The molecule has 0 saturated carbocycles. The summed E-state index contributed by atoms with van der Waals surface area (Å²) in [7, 11) is 0. The molecule has 0 radical (unpaired) electrons. The highest BCUT2D eigenvalue weighted by molar-refractivity contribution is 8.00.